The van der Waals surface area contributed by atoms with E-state index in [0.717, 1.165) is 46.1 Å². The van der Waals surface area contributed by atoms with Gasteiger partial charge in [-0.3, -0.25) is 0 Å². The lowest BCUT2D eigenvalue weighted by Gasteiger charge is -2.15. The maximum atomic E-state index is 4.59. The molecule has 1 heterocycles. The molecule has 2 N–H and O–H groups in total. The zero-order chi connectivity index (χ0) is 14.5. The summed E-state index contributed by atoms with van der Waals surface area (Å²) in [7, 11) is 0. The molecule has 5 heteroatoms. The molecule has 0 aliphatic carbocycles. The molecule has 0 amide bonds. The summed E-state index contributed by atoms with van der Waals surface area (Å²) in [6.07, 6.45) is 0.809. The zero-order valence-corrected chi connectivity index (χ0v) is 13.6. The van der Waals surface area contributed by atoms with Crippen LogP contribution in [0.3, 0.4) is 0 Å². The third kappa shape index (κ3) is 3.28. The van der Waals surface area contributed by atoms with Gasteiger partial charge in [0, 0.05) is 23.0 Å². The highest BCUT2D eigenvalue weighted by atomic mass is 79.9. The molecule has 4 nitrogen and oxygen atoms in total. The Morgan fingerprint density at radius 2 is 1.80 bits per heavy atom. The van der Waals surface area contributed by atoms with Crippen LogP contribution in [0.2, 0.25) is 0 Å². The number of para-hydroxylation sites is 1. The van der Waals surface area contributed by atoms with Crippen molar-refractivity contribution in [3.8, 4) is 0 Å². The van der Waals surface area contributed by atoms with E-state index < -0.39 is 0 Å². The summed E-state index contributed by atoms with van der Waals surface area (Å²) in [5.41, 5.74) is 2.03. The van der Waals surface area contributed by atoms with Crippen molar-refractivity contribution < 1.29 is 0 Å². The average Bonchev–Trinajstić information content (AvgIpc) is 2.45. The second-order valence-corrected chi connectivity index (χ2v) is 5.31. The van der Waals surface area contributed by atoms with Gasteiger partial charge in [0.25, 0.3) is 0 Å². The van der Waals surface area contributed by atoms with Crippen molar-refractivity contribution in [3.63, 3.8) is 0 Å². The fraction of sp³-hybridized carbons (Fsp3) is 0.333. The molecule has 20 heavy (non-hydrogen) atoms. The first-order valence-corrected chi connectivity index (χ1v) is 7.58. The Kier molecular flexibility index (Phi) is 4.95. The monoisotopic (exact) mass is 334 g/mol. The normalized spacial score (nSPS) is 10.4. The molecule has 1 aromatic carbocycles. The van der Waals surface area contributed by atoms with E-state index in [-0.39, 0.29) is 0 Å². The number of hydrogen-bond acceptors (Lipinski definition) is 4. The summed E-state index contributed by atoms with van der Waals surface area (Å²) in [4.78, 5) is 9.12. The van der Waals surface area contributed by atoms with Gasteiger partial charge in [-0.15, -0.1) is 0 Å². The number of benzene rings is 1. The van der Waals surface area contributed by atoms with Crippen LogP contribution in [0, 0.1) is 6.92 Å². The number of hydrogen-bond donors (Lipinski definition) is 2. The third-order valence-electron chi connectivity index (χ3n) is 2.98. The van der Waals surface area contributed by atoms with E-state index in [1.54, 1.807) is 0 Å². The van der Waals surface area contributed by atoms with E-state index in [4.69, 9.17) is 0 Å². The van der Waals surface area contributed by atoms with E-state index in [0.29, 0.717) is 0 Å². The van der Waals surface area contributed by atoms with Gasteiger partial charge in [-0.2, -0.15) is 0 Å². The van der Waals surface area contributed by atoms with E-state index in [2.05, 4.69) is 50.4 Å². The van der Waals surface area contributed by atoms with E-state index in [1.165, 1.54) is 0 Å². The second-order valence-electron chi connectivity index (χ2n) is 4.45. The third-order valence-corrected chi connectivity index (χ3v) is 3.67. The Labute approximate surface area is 128 Å². The summed E-state index contributed by atoms with van der Waals surface area (Å²) in [6.45, 7) is 6.99. The van der Waals surface area contributed by atoms with Crippen LogP contribution in [0.5, 0.6) is 0 Å². The molecular formula is C15H19BrN4. The van der Waals surface area contributed by atoms with Crippen LogP contribution < -0.4 is 10.6 Å². The Hall–Kier alpha value is -1.62. The summed E-state index contributed by atoms with van der Waals surface area (Å²) in [5.74, 6) is 2.58. The molecule has 106 valence electrons. The molecule has 0 radical (unpaired) electrons. The first-order chi connectivity index (χ1) is 9.65. The van der Waals surface area contributed by atoms with Gasteiger partial charge >= 0.3 is 0 Å². The molecular weight excluding hydrogens is 316 g/mol. The SMILES string of the molecule is CCNc1nc(CC)nc(Nc2ccccc2Br)c1C. The molecule has 0 aliphatic heterocycles. The maximum Gasteiger partial charge on any atom is 0.139 e. The van der Waals surface area contributed by atoms with Crippen LogP contribution in [0.1, 0.15) is 25.2 Å². The minimum absolute atomic E-state index is 0.809. The molecule has 0 unspecified atom stereocenters. The van der Waals surface area contributed by atoms with Gasteiger partial charge in [0.15, 0.2) is 0 Å². The van der Waals surface area contributed by atoms with Crippen molar-refractivity contribution in [2.75, 3.05) is 17.2 Å². The van der Waals surface area contributed by atoms with E-state index in [9.17, 15) is 0 Å². The summed E-state index contributed by atoms with van der Waals surface area (Å²) in [6, 6.07) is 8.01. The summed E-state index contributed by atoms with van der Waals surface area (Å²) in [5, 5.41) is 6.66. The molecule has 0 aliphatic rings. The predicted octanol–water partition coefficient (Wildman–Crippen LogP) is 4.29. The lowest BCUT2D eigenvalue weighted by atomic mass is 10.2. The van der Waals surface area contributed by atoms with Crippen molar-refractivity contribution in [1.29, 1.82) is 0 Å². The Morgan fingerprint density at radius 3 is 2.45 bits per heavy atom. The smallest absolute Gasteiger partial charge is 0.139 e. The van der Waals surface area contributed by atoms with Crippen molar-refractivity contribution in [1.82, 2.24) is 9.97 Å². The lowest BCUT2D eigenvalue weighted by molar-refractivity contribution is 0.930. The topological polar surface area (TPSA) is 49.8 Å². The highest BCUT2D eigenvalue weighted by Crippen LogP contribution is 2.28. The van der Waals surface area contributed by atoms with Crippen LogP contribution in [-0.2, 0) is 6.42 Å². The first kappa shape index (κ1) is 14.8. The van der Waals surface area contributed by atoms with Crippen LogP contribution >= 0.6 is 15.9 Å². The lowest BCUT2D eigenvalue weighted by Crippen LogP contribution is -2.09. The van der Waals surface area contributed by atoms with Crippen LogP contribution in [0.4, 0.5) is 17.3 Å². The molecule has 1 aromatic heterocycles. The minimum atomic E-state index is 0.809. The standard InChI is InChI=1S/C15H19BrN4/c1-4-13-19-14(17-5-2)10(3)15(20-13)18-12-9-7-6-8-11(12)16/h6-9H,4-5H2,1-3H3,(H2,17,18,19,20). The molecule has 2 rings (SSSR count). The van der Waals surface area contributed by atoms with Crippen molar-refractivity contribution in [2.24, 2.45) is 0 Å². The predicted molar refractivity (Wildman–Crippen MR) is 87.7 cm³/mol. The van der Waals surface area contributed by atoms with E-state index >= 15 is 0 Å². The van der Waals surface area contributed by atoms with Crippen LogP contribution in [0.25, 0.3) is 0 Å². The maximum absolute atomic E-state index is 4.59. The number of rotatable bonds is 5. The first-order valence-electron chi connectivity index (χ1n) is 6.78. The van der Waals surface area contributed by atoms with Crippen LogP contribution in [0.15, 0.2) is 28.7 Å². The minimum Gasteiger partial charge on any atom is -0.370 e. The fourth-order valence-corrected chi connectivity index (χ4v) is 2.26. The number of nitrogens with zero attached hydrogens (tertiary/aromatic N) is 2. The summed E-state index contributed by atoms with van der Waals surface area (Å²) >= 11 is 3.54. The molecule has 0 fully saturated rings. The Balaban J connectivity index is 2.40. The molecule has 0 saturated carbocycles. The molecule has 2 aromatic rings. The van der Waals surface area contributed by atoms with Gasteiger partial charge in [-0.25, -0.2) is 9.97 Å². The van der Waals surface area contributed by atoms with Gasteiger partial charge in [-0.05, 0) is 41.9 Å². The number of aryl methyl sites for hydroxylation is 1. The Morgan fingerprint density at radius 1 is 1.10 bits per heavy atom. The van der Waals surface area contributed by atoms with Crippen molar-refractivity contribution in [2.45, 2.75) is 27.2 Å². The fourth-order valence-electron chi connectivity index (χ4n) is 1.87. The van der Waals surface area contributed by atoms with E-state index in [1.807, 2.05) is 31.2 Å². The zero-order valence-electron chi connectivity index (χ0n) is 12.0. The van der Waals surface area contributed by atoms with Gasteiger partial charge in [0.1, 0.15) is 17.5 Å². The molecule has 0 saturated heterocycles. The van der Waals surface area contributed by atoms with Crippen molar-refractivity contribution >= 4 is 33.3 Å². The second kappa shape index (κ2) is 6.70. The van der Waals surface area contributed by atoms with Gasteiger partial charge in [0.05, 0.1) is 5.69 Å². The highest BCUT2D eigenvalue weighted by molar-refractivity contribution is 9.10. The summed E-state index contributed by atoms with van der Waals surface area (Å²) < 4.78 is 1.01. The number of nitrogens with one attached hydrogen (secondary N) is 2. The average molecular weight is 335 g/mol. The quantitative estimate of drug-likeness (QED) is 0.856. The van der Waals surface area contributed by atoms with Gasteiger partial charge in [0.2, 0.25) is 0 Å². The Bertz CT molecular complexity index is 598. The van der Waals surface area contributed by atoms with Gasteiger partial charge < -0.3 is 10.6 Å². The highest BCUT2D eigenvalue weighted by Gasteiger charge is 2.10. The van der Waals surface area contributed by atoms with Crippen LogP contribution in [-0.4, -0.2) is 16.5 Å². The number of halogens is 1. The van der Waals surface area contributed by atoms with Crippen molar-refractivity contribution in [3.05, 3.63) is 40.1 Å². The number of aromatic nitrogens is 2. The van der Waals surface area contributed by atoms with Gasteiger partial charge in [-0.1, -0.05) is 19.1 Å². The molecule has 0 atom stereocenters. The molecule has 0 bridgehead atoms. The number of anilines is 3. The largest absolute Gasteiger partial charge is 0.370 e. The molecule has 0 spiro atoms.